The van der Waals surface area contributed by atoms with Gasteiger partial charge >= 0.3 is 5.97 Å². The van der Waals surface area contributed by atoms with Crippen LogP contribution in [0.15, 0.2) is 0 Å². The number of hydrogen-bond acceptors (Lipinski definition) is 4. The van der Waals surface area contributed by atoms with Crippen LogP contribution >= 0.6 is 11.8 Å². The maximum Gasteiger partial charge on any atom is 0.325 e. The van der Waals surface area contributed by atoms with Gasteiger partial charge in [0.05, 0.1) is 12.9 Å². The number of thioether (sulfide) groups is 1. The monoisotopic (exact) mass is 205 g/mol. The Morgan fingerprint density at radius 3 is 2.54 bits per heavy atom. The van der Waals surface area contributed by atoms with Crippen molar-refractivity contribution in [3.05, 3.63) is 0 Å². The number of nitrogens with one attached hydrogen (secondary N) is 1. The summed E-state index contributed by atoms with van der Waals surface area (Å²) in [5.41, 5.74) is 0. The summed E-state index contributed by atoms with van der Waals surface area (Å²) >= 11 is 1.53. The third-order valence-electron chi connectivity index (χ3n) is 1.21. The number of rotatable bonds is 5. The molecule has 0 aromatic heterocycles. The Labute approximate surface area is 82.4 Å². The molecule has 0 heterocycles. The van der Waals surface area contributed by atoms with E-state index < -0.39 is 5.97 Å². The van der Waals surface area contributed by atoms with E-state index >= 15 is 0 Å². The van der Waals surface area contributed by atoms with Crippen LogP contribution in [-0.2, 0) is 14.3 Å². The van der Waals surface area contributed by atoms with Gasteiger partial charge in [0.25, 0.3) is 0 Å². The molecule has 0 aromatic rings. The maximum absolute atomic E-state index is 11.0. The molecule has 0 bridgehead atoms. The minimum Gasteiger partial charge on any atom is -0.468 e. The fraction of sp³-hybridized carbons (Fsp3) is 0.750. The standard InChI is InChI=1S/C8H15NO3S/c1-6(2)13-5-7(10)9-4-8(11)12-3/h6H,4-5H2,1-3H3,(H,9,10). The molecule has 0 rings (SSSR count). The fourth-order valence-corrected chi connectivity index (χ4v) is 1.12. The quantitative estimate of drug-likeness (QED) is 0.661. The third kappa shape index (κ3) is 7.64. The first-order chi connectivity index (χ1) is 6.06. The Bertz CT molecular complexity index is 182. The number of carbonyl (C=O) groups is 2. The molecule has 13 heavy (non-hydrogen) atoms. The molecule has 0 fully saturated rings. The summed E-state index contributed by atoms with van der Waals surface area (Å²) < 4.78 is 4.37. The van der Waals surface area contributed by atoms with Crippen LogP contribution in [0.4, 0.5) is 0 Å². The summed E-state index contributed by atoms with van der Waals surface area (Å²) in [5.74, 6) is -0.179. The van der Waals surface area contributed by atoms with Crippen molar-refractivity contribution in [2.24, 2.45) is 0 Å². The van der Waals surface area contributed by atoms with Gasteiger partial charge in [-0.2, -0.15) is 0 Å². The van der Waals surface area contributed by atoms with E-state index in [0.717, 1.165) is 0 Å². The van der Waals surface area contributed by atoms with E-state index in [2.05, 4.69) is 10.1 Å². The second kappa shape index (κ2) is 6.77. The Kier molecular flexibility index (Phi) is 6.40. The number of amides is 1. The molecule has 0 atom stereocenters. The minimum absolute atomic E-state index is 0.0476. The Hall–Kier alpha value is -0.710. The van der Waals surface area contributed by atoms with Crippen LogP contribution in [0.5, 0.6) is 0 Å². The zero-order valence-electron chi connectivity index (χ0n) is 8.12. The smallest absolute Gasteiger partial charge is 0.325 e. The lowest BCUT2D eigenvalue weighted by atomic mass is 10.6. The van der Waals surface area contributed by atoms with Gasteiger partial charge in [-0.05, 0) is 5.25 Å². The van der Waals surface area contributed by atoms with Gasteiger partial charge in [0, 0.05) is 0 Å². The van der Waals surface area contributed by atoms with Gasteiger partial charge in [0.1, 0.15) is 6.54 Å². The van der Waals surface area contributed by atoms with Crippen LogP contribution in [0, 0.1) is 0 Å². The van der Waals surface area contributed by atoms with Gasteiger partial charge in [-0.15, -0.1) is 11.8 Å². The van der Waals surface area contributed by atoms with E-state index in [9.17, 15) is 9.59 Å². The fourth-order valence-electron chi connectivity index (χ4n) is 0.536. The molecule has 0 saturated heterocycles. The second-order valence-electron chi connectivity index (χ2n) is 2.71. The van der Waals surface area contributed by atoms with Gasteiger partial charge < -0.3 is 10.1 Å². The van der Waals surface area contributed by atoms with Crippen molar-refractivity contribution < 1.29 is 14.3 Å². The molecular formula is C8H15NO3S. The maximum atomic E-state index is 11.0. The van der Waals surface area contributed by atoms with E-state index in [1.807, 2.05) is 13.8 Å². The second-order valence-corrected chi connectivity index (χ2v) is 4.28. The molecule has 0 aliphatic rings. The van der Waals surface area contributed by atoms with E-state index in [1.54, 1.807) is 0 Å². The summed E-state index contributed by atoms with van der Waals surface area (Å²) in [6, 6.07) is 0. The van der Waals surface area contributed by atoms with Gasteiger partial charge in [-0.1, -0.05) is 13.8 Å². The lowest BCUT2D eigenvalue weighted by Gasteiger charge is -2.05. The largest absolute Gasteiger partial charge is 0.468 e. The number of carbonyl (C=O) groups excluding carboxylic acids is 2. The molecule has 5 heteroatoms. The van der Waals surface area contributed by atoms with Gasteiger partial charge in [-0.3, -0.25) is 9.59 Å². The first kappa shape index (κ1) is 12.3. The Balaban J connectivity index is 3.46. The predicted molar refractivity (Wildman–Crippen MR) is 52.6 cm³/mol. The SMILES string of the molecule is COC(=O)CNC(=O)CSC(C)C. The third-order valence-corrected chi connectivity index (χ3v) is 2.30. The topological polar surface area (TPSA) is 55.4 Å². The van der Waals surface area contributed by atoms with E-state index in [0.29, 0.717) is 11.0 Å². The van der Waals surface area contributed by atoms with Crippen molar-refractivity contribution in [1.82, 2.24) is 5.32 Å². The average molecular weight is 205 g/mol. The van der Waals surface area contributed by atoms with Gasteiger partial charge in [-0.25, -0.2) is 0 Å². The van der Waals surface area contributed by atoms with Crippen molar-refractivity contribution in [1.29, 1.82) is 0 Å². The highest BCUT2D eigenvalue weighted by atomic mass is 32.2. The Morgan fingerprint density at radius 1 is 1.46 bits per heavy atom. The normalized spacial score (nSPS) is 9.85. The summed E-state index contributed by atoms with van der Waals surface area (Å²) in [7, 11) is 1.29. The lowest BCUT2D eigenvalue weighted by molar-refractivity contribution is -0.140. The highest BCUT2D eigenvalue weighted by Crippen LogP contribution is 2.07. The highest BCUT2D eigenvalue weighted by molar-refractivity contribution is 8.00. The van der Waals surface area contributed by atoms with Crippen molar-refractivity contribution in [3.8, 4) is 0 Å². The number of esters is 1. The lowest BCUT2D eigenvalue weighted by Crippen LogP contribution is -2.31. The first-order valence-electron chi connectivity index (χ1n) is 4.01. The summed E-state index contributed by atoms with van der Waals surface area (Å²) in [5, 5.41) is 2.87. The molecule has 0 aliphatic heterocycles. The van der Waals surface area contributed by atoms with Crippen LogP contribution in [0.25, 0.3) is 0 Å². The van der Waals surface area contributed by atoms with Crippen LogP contribution in [-0.4, -0.2) is 36.5 Å². The molecule has 0 spiro atoms. The Morgan fingerprint density at radius 2 is 2.08 bits per heavy atom. The van der Waals surface area contributed by atoms with Crippen LogP contribution < -0.4 is 5.32 Å². The van der Waals surface area contributed by atoms with Crippen molar-refractivity contribution in [2.75, 3.05) is 19.4 Å². The van der Waals surface area contributed by atoms with E-state index in [-0.39, 0.29) is 12.5 Å². The van der Waals surface area contributed by atoms with E-state index in [1.165, 1.54) is 18.9 Å². The summed E-state index contributed by atoms with van der Waals surface area (Å²) in [4.78, 5) is 21.6. The molecule has 0 aliphatic carbocycles. The molecular weight excluding hydrogens is 190 g/mol. The minimum atomic E-state index is -0.428. The molecule has 76 valence electrons. The molecule has 0 unspecified atom stereocenters. The van der Waals surface area contributed by atoms with Gasteiger partial charge in [0.15, 0.2) is 0 Å². The molecule has 0 saturated carbocycles. The van der Waals surface area contributed by atoms with Crippen LogP contribution in [0.1, 0.15) is 13.8 Å². The van der Waals surface area contributed by atoms with Crippen LogP contribution in [0.3, 0.4) is 0 Å². The molecule has 1 N–H and O–H groups in total. The number of methoxy groups -OCH3 is 1. The molecule has 0 aromatic carbocycles. The van der Waals surface area contributed by atoms with Gasteiger partial charge in [0.2, 0.25) is 5.91 Å². The zero-order chi connectivity index (χ0) is 10.3. The van der Waals surface area contributed by atoms with Crippen molar-refractivity contribution in [3.63, 3.8) is 0 Å². The van der Waals surface area contributed by atoms with E-state index in [4.69, 9.17) is 0 Å². The van der Waals surface area contributed by atoms with Crippen LogP contribution in [0.2, 0.25) is 0 Å². The molecule has 4 nitrogen and oxygen atoms in total. The average Bonchev–Trinajstić information content (AvgIpc) is 2.10. The molecule has 1 amide bonds. The predicted octanol–water partition coefficient (Wildman–Crippen LogP) is 0.417. The number of ether oxygens (including phenoxy) is 1. The molecule has 0 radical (unpaired) electrons. The highest BCUT2D eigenvalue weighted by Gasteiger charge is 2.05. The first-order valence-corrected chi connectivity index (χ1v) is 5.06. The summed E-state index contributed by atoms with van der Waals surface area (Å²) in [6.07, 6.45) is 0. The number of hydrogen-bond donors (Lipinski definition) is 1. The summed E-state index contributed by atoms with van der Waals surface area (Å²) in [6.45, 7) is 3.98. The van der Waals surface area contributed by atoms with Crippen molar-refractivity contribution in [2.45, 2.75) is 19.1 Å². The zero-order valence-corrected chi connectivity index (χ0v) is 8.94. The van der Waals surface area contributed by atoms with Crippen molar-refractivity contribution >= 4 is 23.6 Å².